The van der Waals surface area contributed by atoms with Crippen LogP contribution in [0.4, 0.5) is 0 Å². The van der Waals surface area contributed by atoms with E-state index in [9.17, 15) is 4.79 Å². The molecule has 2 aliphatic heterocycles. The van der Waals surface area contributed by atoms with Crippen LogP contribution in [0.1, 0.15) is 41.9 Å². The largest absolute Gasteiger partial charge is 0.339 e. The number of aromatic nitrogens is 5. The van der Waals surface area contributed by atoms with E-state index >= 15 is 0 Å². The number of amides is 1. The first-order valence-electron chi connectivity index (χ1n) is 13.2. The zero-order valence-electron chi connectivity index (χ0n) is 20.7. The zero-order valence-corrected chi connectivity index (χ0v) is 20.7. The van der Waals surface area contributed by atoms with E-state index in [1.54, 1.807) is 0 Å². The number of nitrogens with zero attached hydrogens (tertiary/aromatic N) is 5. The standard InChI is InChI=1S/C29H29N7O/c37-29(36-13-3-4-14-36)23-8-6-19-15-21(7-5-20(19)16-23)27-24-17-22(9-10-25(24)31-33-27)28-30-26(32-34-28)18-35-11-1-2-12-35/h5-10,15-17H,1-4,11-14,18H2,(H,31,33)(H,30,32,34). The van der Waals surface area contributed by atoms with Crippen LogP contribution in [0.5, 0.6) is 0 Å². The molecule has 2 saturated heterocycles. The van der Waals surface area contributed by atoms with Crippen molar-refractivity contribution in [2.45, 2.75) is 32.2 Å². The van der Waals surface area contributed by atoms with Gasteiger partial charge in [0, 0.05) is 35.2 Å². The maximum atomic E-state index is 12.8. The molecule has 4 heterocycles. The van der Waals surface area contributed by atoms with Crippen LogP contribution in [-0.2, 0) is 6.54 Å². The van der Waals surface area contributed by atoms with E-state index in [2.05, 4.69) is 49.6 Å². The Morgan fingerprint density at radius 1 is 0.784 bits per heavy atom. The predicted molar refractivity (Wildman–Crippen MR) is 144 cm³/mol. The van der Waals surface area contributed by atoms with Gasteiger partial charge in [-0.25, -0.2) is 4.98 Å². The summed E-state index contributed by atoms with van der Waals surface area (Å²) in [7, 11) is 0. The van der Waals surface area contributed by atoms with E-state index in [1.165, 1.54) is 12.8 Å². The summed E-state index contributed by atoms with van der Waals surface area (Å²) in [5.41, 5.74) is 4.61. The van der Waals surface area contributed by atoms with Crippen molar-refractivity contribution in [3.63, 3.8) is 0 Å². The number of fused-ring (bicyclic) bond motifs is 2. The molecule has 3 aromatic carbocycles. The third-order valence-corrected chi connectivity index (χ3v) is 7.68. The molecule has 2 fully saturated rings. The molecule has 0 bridgehead atoms. The van der Waals surface area contributed by atoms with Gasteiger partial charge < -0.3 is 4.90 Å². The van der Waals surface area contributed by atoms with Crippen molar-refractivity contribution in [3.8, 4) is 22.6 Å². The molecule has 8 nitrogen and oxygen atoms in total. The molecule has 0 atom stereocenters. The van der Waals surface area contributed by atoms with Gasteiger partial charge in [0.05, 0.1) is 17.8 Å². The molecule has 7 rings (SSSR count). The Bertz CT molecular complexity index is 1610. The molecule has 5 aromatic rings. The van der Waals surface area contributed by atoms with Crippen molar-refractivity contribution in [2.24, 2.45) is 0 Å². The first-order valence-corrected chi connectivity index (χ1v) is 13.2. The Labute approximate surface area is 214 Å². The first-order chi connectivity index (χ1) is 18.2. The van der Waals surface area contributed by atoms with Crippen LogP contribution in [-0.4, -0.2) is 67.3 Å². The third kappa shape index (κ3) is 4.17. The smallest absolute Gasteiger partial charge is 0.253 e. The Balaban J connectivity index is 1.18. The maximum Gasteiger partial charge on any atom is 0.253 e. The molecule has 2 aromatic heterocycles. The first kappa shape index (κ1) is 22.2. The second-order valence-corrected chi connectivity index (χ2v) is 10.2. The molecule has 1 amide bonds. The van der Waals surface area contributed by atoms with Crippen molar-refractivity contribution < 1.29 is 4.79 Å². The van der Waals surface area contributed by atoms with Gasteiger partial charge in [-0.15, -0.1) is 0 Å². The summed E-state index contributed by atoms with van der Waals surface area (Å²) >= 11 is 0. The highest BCUT2D eigenvalue weighted by Crippen LogP contribution is 2.32. The average molecular weight is 492 g/mol. The van der Waals surface area contributed by atoms with Crippen LogP contribution in [0, 0.1) is 0 Å². The molecular formula is C29H29N7O. The topological polar surface area (TPSA) is 93.8 Å². The number of hydrogen-bond donors (Lipinski definition) is 2. The second kappa shape index (κ2) is 9.12. The van der Waals surface area contributed by atoms with Gasteiger partial charge in [-0.3, -0.25) is 19.9 Å². The minimum absolute atomic E-state index is 0.130. The summed E-state index contributed by atoms with van der Waals surface area (Å²) in [4.78, 5) is 21.9. The van der Waals surface area contributed by atoms with E-state index in [-0.39, 0.29) is 5.91 Å². The number of benzene rings is 3. The Kier molecular flexibility index (Phi) is 5.47. The summed E-state index contributed by atoms with van der Waals surface area (Å²) in [5.74, 6) is 1.74. The van der Waals surface area contributed by atoms with Crippen LogP contribution in [0.15, 0.2) is 54.6 Å². The van der Waals surface area contributed by atoms with Crippen molar-refractivity contribution in [1.29, 1.82) is 0 Å². The molecule has 0 unspecified atom stereocenters. The number of nitrogens with one attached hydrogen (secondary N) is 2. The zero-order chi connectivity index (χ0) is 24.8. The predicted octanol–water partition coefficient (Wildman–Crippen LogP) is 5.00. The van der Waals surface area contributed by atoms with Crippen molar-refractivity contribution >= 4 is 27.6 Å². The molecule has 37 heavy (non-hydrogen) atoms. The Morgan fingerprint density at radius 3 is 2.41 bits per heavy atom. The maximum absolute atomic E-state index is 12.8. The van der Waals surface area contributed by atoms with Crippen molar-refractivity contribution in [3.05, 3.63) is 66.0 Å². The van der Waals surface area contributed by atoms with Crippen LogP contribution < -0.4 is 0 Å². The minimum Gasteiger partial charge on any atom is -0.339 e. The molecular weight excluding hydrogens is 462 g/mol. The summed E-state index contributed by atoms with van der Waals surface area (Å²) in [6.45, 7) is 4.79. The van der Waals surface area contributed by atoms with Gasteiger partial charge in [0.2, 0.25) is 0 Å². The van der Waals surface area contributed by atoms with Gasteiger partial charge in [-0.2, -0.15) is 10.2 Å². The van der Waals surface area contributed by atoms with Crippen LogP contribution >= 0.6 is 0 Å². The van der Waals surface area contributed by atoms with Gasteiger partial charge in [-0.05, 0) is 85.9 Å². The number of likely N-dealkylation sites (tertiary alicyclic amines) is 2. The fourth-order valence-electron chi connectivity index (χ4n) is 5.65. The van der Waals surface area contributed by atoms with Gasteiger partial charge >= 0.3 is 0 Å². The van der Waals surface area contributed by atoms with Gasteiger partial charge in [-0.1, -0.05) is 18.2 Å². The molecule has 0 radical (unpaired) electrons. The SMILES string of the molecule is O=C(c1ccc2cc(-c3n[nH]c4ccc(-c5n[nH]c(CN6CCCC6)n5)cc34)ccc2c1)N1CCCC1. The highest BCUT2D eigenvalue weighted by atomic mass is 16.2. The van der Waals surface area contributed by atoms with Gasteiger partial charge in [0.15, 0.2) is 5.82 Å². The highest BCUT2D eigenvalue weighted by molar-refractivity contribution is 6.01. The van der Waals surface area contributed by atoms with Crippen molar-refractivity contribution in [1.82, 2.24) is 35.2 Å². The van der Waals surface area contributed by atoms with Crippen molar-refractivity contribution in [2.75, 3.05) is 26.2 Å². The number of hydrogen-bond acceptors (Lipinski definition) is 5. The van der Waals surface area contributed by atoms with Crippen LogP contribution in [0.2, 0.25) is 0 Å². The summed E-state index contributed by atoms with van der Waals surface area (Å²) in [6.07, 6.45) is 4.71. The van der Waals surface area contributed by atoms with Gasteiger partial charge in [0.25, 0.3) is 5.91 Å². The van der Waals surface area contributed by atoms with E-state index < -0.39 is 0 Å². The number of rotatable bonds is 5. The number of H-pyrrole nitrogens is 2. The lowest BCUT2D eigenvalue weighted by Gasteiger charge is -2.15. The molecule has 186 valence electrons. The molecule has 2 N–H and O–H groups in total. The summed E-state index contributed by atoms with van der Waals surface area (Å²) in [5, 5.41) is 18.6. The average Bonchev–Trinajstić information content (AvgIpc) is 3.75. The fraction of sp³-hybridized carbons (Fsp3) is 0.310. The Hall–Kier alpha value is -4.04. The lowest BCUT2D eigenvalue weighted by molar-refractivity contribution is 0.0793. The second-order valence-electron chi connectivity index (χ2n) is 10.2. The molecule has 0 saturated carbocycles. The quantitative estimate of drug-likeness (QED) is 0.361. The summed E-state index contributed by atoms with van der Waals surface area (Å²) < 4.78 is 0. The Morgan fingerprint density at radius 2 is 1.54 bits per heavy atom. The number of carbonyl (C=O) groups is 1. The number of aromatic amines is 2. The lowest BCUT2D eigenvalue weighted by Crippen LogP contribution is -2.27. The summed E-state index contributed by atoms with van der Waals surface area (Å²) in [6, 6.07) is 18.5. The monoisotopic (exact) mass is 491 g/mol. The van der Waals surface area contributed by atoms with Crippen LogP contribution in [0.3, 0.4) is 0 Å². The lowest BCUT2D eigenvalue weighted by atomic mass is 10.0. The minimum atomic E-state index is 0.130. The normalized spacial score (nSPS) is 16.4. The molecule has 2 aliphatic rings. The van der Waals surface area contributed by atoms with E-state index in [1.807, 2.05) is 35.2 Å². The van der Waals surface area contributed by atoms with E-state index in [0.717, 1.165) is 95.4 Å². The molecule has 0 spiro atoms. The number of carbonyl (C=O) groups excluding carboxylic acids is 1. The van der Waals surface area contributed by atoms with E-state index in [0.29, 0.717) is 5.82 Å². The van der Waals surface area contributed by atoms with Gasteiger partial charge in [0.1, 0.15) is 5.82 Å². The van der Waals surface area contributed by atoms with E-state index in [4.69, 9.17) is 4.98 Å². The molecule has 8 heteroatoms. The molecule has 0 aliphatic carbocycles. The third-order valence-electron chi connectivity index (χ3n) is 7.68. The van der Waals surface area contributed by atoms with Crippen LogP contribution in [0.25, 0.3) is 44.3 Å². The fourth-order valence-corrected chi connectivity index (χ4v) is 5.65. The highest BCUT2D eigenvalue weighted by Gasteiger charge is 2.20.